The van der Waals surface area contributed by atoms with Gasteiger partial charge in [0.2, 0.25) is 0 Å². The lowest BCUT2D eigenvalue weighted by atomic mass is 9.89. The second kappa shape index (κ2) is 12.4. The standard InChI is InChI=1S/C29H32F3NO5/c1-19-26(33-28(38-19)21-5-3-2-4-6-21)15-16-36-25-11-7-20(8-14-27(34)35)22(17-25)18-37-24-12-9-23(10-13-24)29(30,31)32/h7,9-13,17,21H,2-6,8,14-16,18H2,1H3,(H,34,35). The summed E-state index contributed by atoms with van der Waals surface area (Å²) in [7, 11) is 0. The summed E-state index contributed by atoms with van der Waals surface area (Å²) in [6.45, 7) is 2.36. The van der Waals surface area contributed by atoms with Crippen LogP contribution in [0.4, 0.5) is 13.2 Å². The van der Waals surface area contributed by atoms with Crippen molar-refractivity contribution in [2.75, 3.05) is 6.61 Å². The summed E-state index contributed by atoms with van der Waals surface area (Å²) in [5.74, 6) is 1.97. The molecule has 0 atom stereocenters. The molecule has 9 heteroatoms. The zero-order valence-corrected chi connectivity index (χ0v) is 21.4. The van der Waals surface area contributed by atoms with Crippen molar-refractivity contribution < 1.29 is 37.0 Å². The third kappa shape index (κ3) is 7.52. The van der Waals surface area contributed by atoms with Crippen LogP contribution in [-0.2, 0) is 30.4 Å². The molecule has 2 aromatic carbocycles. The van der Waals surface area contributed by atoms with Crippen LogP contribution in [0.25, 0.3) is 0 Å². The molecule has 0 saturated heterocycles. The highest BCUT2D eigenvalue weighted by molar-refractivity contribution is 5.67. The number of carboxylic acid groups (broad SMARTS) is 1. The summed E-state index contributed by atoms with van der Waals surface area (Å²) >= 11 is 0. The van der Waals surface area contributed by atoms with Gasteiger partial charge in [-0.15, -0.1) is 0 Å². The van der Waals surface area contributed by atoms with E-state index in [1.54, 1.807) is 18.2 Å². The molecule has 1 fully saturated rings. The Labute approximate surface area is 219 Å². The van der Waals surface area contributed by atoms with E-state index in [4.69, 9.17) is 24.0 Å². The number of aliphatic carboxylic acids is 1. The van der Waals surface area contributed by atoms with Crippen molar-refractivity contribution in [1.29, 1.82) is 0 Å². The Morgan fingerprint density at radius 1 is 1.00 bits per heavy atom. The first-order valence-electron chi connectivity index (χ1n) is 12.9. The number of ether oxygens (including phenoxy) is 2. The van der Waals surface area contributed by atoms with E-state index in [2.05, 4.69) is 0 Å². The third-order valence-electron chi connectivity index (χ3n) is 6.83. The normalized spacial score (nSPS) is 14.4. The van der Waals surface area contributed by atoms with Crippen LogP contribution in [0.3, 0.4) is 0 Å². The van der Waals surface area contributed by atoms with Crippen LogP contribution in [0.5, 0.6) is 11.5 Å². The van der Waals surface area contributed by atoms with Gasteiger partial charge in [-0.05, 0) is 73.7 Å². The molecule has 1 heterocycles. The fraction of sp³-hybridized carbons (Fsp3) is 0.448. The van der Waals surface area contributed by atoms with Crippen molar-refractivity contribution in [3.63, 3.8) is 0 Å². The molecule has 3 aromatic rings. The van der Waals surface area contributed by atoms with Crippen molar-refractivity contribution in [1.82, 2.24) is 4.98 Å². The van der Waals surface area contributed by atoms with Crippen molar-refractivity contribution in [2.45, 2.75) is 77.0 Å². The molecule has 1 saturated carbocycles. The maximum Gasteiger partial charge on any atom is 0.416 e. The Balaban J connectivity index is 1.39. The summed E-state index contributed by atoms with van der Waals surface area (Å²) < 4.78 is 56.1. The number of carboxylic acids is 1. The summed E-state index contributed by atoms with van der Waals surface area (Å²) in [4.78, 5) is 15.8. The molecule has 0 spiro atoms. The van der Waals surface area contributed by atoms with Gasteiger partial charge in [0.05, 0.1) is 17.9 Å². The van der Waals surface area contributed by atoms with Gasteiger partial charge in [-0.3, -0.25) is 4.79 Å². The number of hydrogen-bond donors (Lipinski definition) is 1. The Morgan fingerprint density at radius 3 is 2.39 bits per heavy atom. The molecule has 0 aliphatic heterocycles. The number of aromatic nitrogens is 1. The van der Waals surface area contributed by atoms with Gasteiger partial charge in [0, 0.05) is 18.8 Å². The minimum atomic E-state index is -4.42. The van der Waals surface area contributed by atoms with Crippen LogP contribution in [0.2, 0.25) is 0 Å². The van der Waals surface area contributed by atoms with Crippen LogP contribution < -0.4 is 9.47 Å². The molecule has 0 bridgehead atoms. The largest absolute Gasteiger partial charge is 0.493 e. The van der Waals surface area contributed by atoms with Gasteiger partial charge in [0.1, 0.15) is 23.9 Å². The van der Waals surface area contributed by atoms with E-state index in [0.29, 0.717) is 36.7 Å². The molecule has 204 valence electrons. The lowest BCUT2D eigenvalue weighted by Gasteiger charge is -2.17. The van der Waals surface area contributed by atoms with E-state index in [0.717, 1.165) is 47.9 Å². The molecule has 1 aliphatic carbocycles. The zero-order chi connectivity index (χ0) is 27.1. The van der Waals surface area contributed by atoms with Gasteiger partial charge < -0.3 is 19.0 Å². The quantitative estimate of drug-likeness (QED) is 0.280. The molecule has 0 amide bonds. The van der Waals surface area contributed by atoms with Crippen molar-refractivity contribution in [3.8, 4) is 11.5 Å². The molecule has 0 unspecified atom stereocenters. The highest BCUT2D eigenvalue weighted by atomic mass is 19.4. The van der Waals surface area contributed by atoms with Crippen LogP contribution in [0, 0.1) is 6.92 Å². The zero-order valence-electron chi connectivity index (χ0n) is 21.4. The van der Waals surface area contributed by atoms with Gasteiger partial charge in [-0.2, -0.15) is 13.2 Å². The molecule has 0 radical (unpaired) electrons. The molecule has 1 aliphatic rings. The van der Waals surface area contributed by atoms with Crippen LogP contribution >= 0.6 is 0 Å². The van der Waals surface area contributed by atoms with E-state index in [-0.39, 0.29) is 18.8 Å². The third-order valence-corrected chi connectivity index (χ3v) is 6.83. The smallest absolute Gasteiger partial charge is 0.416 e. The Bertz CT molecular complexity index is 1210. The van der Waals surface area contributed by atoms with Gasteiger partial charge in [-0.1, -0.05) is 25.3 Å². The maximum absolute atomic E-state index is 12.8. The van der Waals surface area contributed by atoms with E-state index < -0.39 is 17.7 Å². The van der Waals surface area contributed by atoms with Gasteiger partial charge in [0.25, 0.3) is 0 Å². The maximum atomic E-state index is 12.8. The first kappa shape index (κ1) is 27.5. The van der Waals surface area contributed by atoms with Crippen molar-refractivity contribution in [2.24, 2.45) is 0 Å². The number of nitrogens with zero attached hydrogens (tertiary/aromatic N) is 1. The monoisotopic (exact) mass is 531 g/mol. The first-order chi connectivity index (χ1) is 18.2. The van der Waals surface area contributed by atoms with Crippen molar-refractivity contribution >= 4 is 5.97 Å². The van der Waals surface area contributed by atoms with E-state index in [9.17, 15) is 18.0 Å². The molecule has 6 nitrogen and oxygen atoms in total. The minimum absolute atomic E-state index is 0.0533. The molecule has 1 aromatic heterocycles. The first-order valence-corrected chi connectivity index (χ1v) is 12.9. The highest BCUT2D eigenvalue weighted by Crippen LogP contribution is 2.33. The van der Waals surface area contributed by atoms with Crippen LogP contribution in [-0.4, -0.2) is 22.7 Å². The summed E-state index contributed by atoms with van der Waals surface area (Å²) in [6.07, 6.45) is 2.31. The molecule has 4 rings (SSSR count). The number of hydrogen-bond acceptors (Lipinski definition) is 5. The number of aryl methyl sites for hydroxylation is 2. The van der Waals surface area contributed by atoms with E-state index in [1.165, 1.54) is 31.4 Å². The lowest BCUT2D eigenvalue weighted by molar-refractivity contribution is -0.138. The van der Waals surface area contributed by atoms with E-state index >= 15 is 0 Å². The summed E-state index contributed by atoms with van der Waals surface area (Å²) in [5, 5.41) is 9.09. The predicted octanol–water partition coefficient (Wildman–Crippen LogP) is 7.27. The van der Waals surface area contributed by atoms with E-state index in [1.807, 2.05) is 6.92 Å². The average molecular weight is 532 g/mol. The fourth-order valence-electron chi connectivity index (χ4n) is 4.69. The Hall–Kier alpha value is -3.49. The summed E-state index contributed by atoms with van der Waals surface area (Å²) in [6, 6.07) is 9.82. The number of rotatable bonds is 11. The Kier molecular flexibility index (Phi) is 8.97. The topological polar surface area (TPSA) is 81.8 Å². The highest BCUT2D eigenvalue weighted by Gasteiger charge is 2.30. The minimum Gasteiger partial charge on any atom is -0.493 e. The average Bonchev–Trinajstić information content (AvgIpc) is 3.27. The lowest BCUT2D eigenvalue weighted by Crippen LogP contribution is -2.07. The van der Waals surface area contributed by atoms with Crippen molar-refractivity contribution in [3.05, 3.63) is 76.5 Å². The molecular weight excluding hydrogens is 499 g/mol. The molecule has 1 N–H and O–H groups in total. The fourth-order valence-corrected chi connectivity index (χ4v) is 4.69. The molecule has 38 heavy (non-hydrogen) atoms. The SMILES string of the molecule is Cc1oc(C2CCCCC2)nc1CCOc1ccc(CCC(=O)O)c(COc2ccc(C(F)(F)F)cc2)c1. The van der Waals surface area contributed by atoms with Gasteiger partial charge in [0.15, 0.2) is 5.89 Å². The second-order valence-electron chi connectivity index (χ2n) is 9.62. The Morgan fingerprint density at radius 2 is 1.71 bits per heavy atom. The summed E-state index contributed by atoms with van der Waals surface area (Å²) in [5.41, 5.74) is 1.61. The van der Waals surface area contributed by atoms with Crippen LogP contribution in [0.15, 0.2) is 46.9 Å². The van der Waals surface area contributed by atoms with Gasteiger partial charge >= 0.3 is 12.1 Å². The van der Waals surface area contributed by atoms with Crippen LogP contribution in [0.1, 0.15) is 78.5 Å². The predicted molar refractivity (Wildman–Crippen MR) is 134 cm³/mol. The second-order valence-corrected chi connectivity index (χ2v) is 9.62. The van der Waals surface area contributed by atoms with Gasteiger partial charge in [-0.25, -0.2) is 4.98 Å². The number of oxazole rings is 1. The molecular formula is C29H32F3NO5. The number of benzene rings is 2. The number of carbonyl (C=O) groups is 1. The number of halogens is 3. The number of alkyl halides is 3.